The number of hydrogen-bond acceptors (Lipinski definition) is 4. The molecule has 1 aliphatic rings. The van der Waals surface area contributed by atoms with E-state index in [0.29, 0.717) is 11.3 Å². The van der Waals surface area contributed by atoms with E-state index in [9.17, 15) is 4.79 Å². The lowest BCUT2D eigenvalue weighted by Crippen LogP contribution is -2.44. The number of hydrogen-bond donors (Lipinski definition) is 3. The lowest BCUT2D eigenvalue weighted by atomic mass is 10.1. The van der Waals surface area contributed by atoms with E-state index in [4.69, 9.17) is 5.26 Å². The molecule has 0 saturated carbocycles. The molecule has 0 radical (unpaired) electrons. The summed E-state index contributed by atoms with van der Waals surface area (Å²) in [5.41, 5.74) is 3.64. The fourth-order valence-electron chi connectivity index (χ4n) is 2.98. The third-order valence-corrected chi connectivity index (χ3v) is 4.73. The van der Waals surface area contributed by atoms with E-state index in [1.807, 2.05) is 24.3 Å². The van der Waals surface area contributed by atoms with Crippen molar-refractivity contribution in [3.63, 3.8) is 0 Å². The van der Waals surface area contributed by atoms with Crippen LogP contribution in [0.3, 0.4) is 0 Å². The minimum Gasteiger partial charge on any atom is -0.362 e. The molecule has 3 rings (SSSR count). The average molecular weight is 392 g/mol. The molecular formula is C23H29N5O. The van der Waals surface area contributed by atoms with Crippen molar-refractivity contribution in [2.75, 3.05) is 30.8 Å². The Hall–Kier alpha value is -3.30. The second-order valence-electron chi connectivity index (χ2n) is 7.03. The Bertz CT molecular complexity index is 833. The summed E-state index contributed by atoms with van der Waals surface area (Å²) in [5.74, 6) is 0. The van der Waals surface area contributed by atoms with Gasteiger partial charge in [-0.3, -0.25) is 0 Å². The molecule has 1 fully saturated rings. The number of amides is 2. The fourth-order valence-corrected chi connectivity index (χ4v) is 2.98. The Morgan fingerprint density at radius 2 is 1.83 bits per heavy atom. The number of piperidine rings is 1. The van der Waals surface area contributed by atoms with Crippen LogP contribution in [0, 0.1) is 18.3 Å². The highest BCUT2D eigenvalue weighted by atomic mass is 16.2. The van der Waals surface area contributed by atoms with Crippen molar-refractivity contribution in [1.82, 2.24) is 10.2 Å². The molecule has 0 bridgehead atoms. The van der Waals surface area contributed by atoms with E-state index < -0.39 is 0 Å². The van der Waals surface area contributed by atoms with E-state index in [-0.39, 0.29) is 12.1 Å². The molecule has 1 heterocycles. The summed E-state index contributed by atoms with van der Waals surface area (Å²) in [5, 5.41) is 17.5. The Morgan fingerprint density at radius 3 is 2.41 bits per heavy atom. The first-order valence-corrected chi connectivity index (χ1v) is 9.71. The third-order valence-electron chi connectivity index (χ3n) is 4.73. The van der Waals surface area contributed by atoms with Gasteiger partial charge in [0.2, 0.25) is 0 Å². The van der Waals surface area contributed by atoms with Crippen LogP contribution in [0.25, 0.3) is 0 Å². The average Bonchev–Trinajstić information content (AvgIpc) is 2.73. The molecule has 29 heavy (non-hydrogen) atoms. The number of nitrogens with one attached hydrogen (secondary N) is 3. The molecule has 152 valence electrons. The monoisotopic (exact) mass is 391 g/mol. The maximum Gasteiger partial charge on any atom is 0.319 e. The van der Waals surface area contributed by atoms with Crippen LogP contribution in [0.4, 0.5) is 16.2 Å². The van der Waals surface area contributed by atoms with E-state index in [1.165, 1.54) is 5.56 Å². The number of benzene rings is 2. The summed E-state index contributed by atoms with van der Waals surface area (Å²) in [7, 11) is 2.09. The number of carbonyl (C=O) groups excluding carboxylic acids is 1. The van der Waals surface area contributed by atoms with Crippen LogP contribution < -0.4 is 16.0 Å². The maximum absolute atomic E-state index is 11.8. The molecule has 0 unspecified atom stereocenters. The first-order chi connectivity index (χ1) is 14.0. The number of carbonyl (C=O) groups is 1. The van der Waals surface area contributed by atoms with Gasteiger partial charge in [0.1, 0.15) is 0 Å². The van der Waals surface area contributed by atoms with Gasteiger partial charge in [-0.1, -0.05) is 24.8 Å². The summed E-state index contributed by atoms with van der Waals surface area (Å²) < 4.78 is 0. The van der Waals surface area contributed by atoms with Gasteiger partial charge in [-0.2, -0.15) is 5.26 Å². The number of anilines is 2. The topological polar surface area (TPSA) is 80.2 Å². The standard InChI is InChI=1S/C14H18N4O.C9H11N/c1-18-8-6-13(7-9-18)17-14(19)16-12-4-2-11(10-15)3-5-12;1-3-10-9-7-5-4-6-8(9)2/h2-5,13H,6-9H2,1H3,(H2,16,17,19);3-7,10H,1H2,2H3. The van der Waals surface area contributed by atoms with Gasteiger partial charge in [-0.15, -0.1) is 0 Å². The largest absolute Gasteiger partial charge is 0.362 e. The fraction of sp³-hybridized carbons (Fsp3) is 0.304. The van der Waals surface area contributed by atoms with Crippen LogP contribution in [0.1, 0.15) is 24.0 Å². The minimum atomic E-state index is -0.181. The Balaban J connectivity index is 0.000000253. The zero-order valence-corrected chi connectivity index (χ0v) is 17.1. The van der Waals surface area contributed by atoms with E-state index in [2.05, 4.69) is 47.5 Å². The molecule has 0 atom stereocenters. The molecule has 2 aromatic carbocycles. The van der Waals surface area contributed by atoms with Crippen LogP contribution in [0.5, 0.6) is 0 Å². The molecule has 2 amide bonds. The number of rotatable bonds is 4. The first kappa shape index (κ1) is 22.0. The van der Waals surface area contributed by atoms with Crippen LogP contribution in [-0.4, -0.2) is 37.1 Å². The van der Waals surface area contributed by atoms with Crippen molar-refractivity contribution in [2.45, 2.75) is 25.8 Å². The molecule has 0 aliphatic carbocycles. The summed E-state index contributed by atoms with van der Waals surface area (Å²) in [6, 6.07) is 17.0. The molecule has 6 nitrogen and oxygen atoms in total. The molecule has 0 spiro atoms. The molecule has 1 saturated heterocycles. The van der Waals surface area contributed by atoms with Gasteiger partial charge in [-0.05, 0) is 82.0 Å². The second-order valence-corrected chi connectivity index (χ2v) is 7.03. The van der Waals surface area contributed by atoms with Crippen molar-refractivity contribution in [2.24, 2.45) is 0 Å². The Kier molecular flexibility index (Phi) is 8.74. The molecule has 1 aliphatic heterocycles. The normalized spacial score (nSPS) is 14.0. The number of para-hydroxylation sites is 1. The van der Waals surface area contributed by atoms with Gasteiger partial charge < -0.3 is 20.9 Å². The quantitative estimate of drug-likeness (QED) is 0.725. The SMILES string of the molecule is C=CNc1ccccc1C.CN1CCC(NC(=O)Nc2ccc(C#N)cc2)CC1. The number of nitriles is 1. The highest BCUT2D eigenvalue weighted by molar-refractivity contribution is 5.89. The molecule has 3 N–H and O–H groups in total. The molecular weight excluding hydrogens is 362 g/mol. The zero-order chi connectivity index (χ0) is 21.1. The van der Waals surface area contributed by atoms with Gasteiger partial charge in [-0.25, -0.2) is 4.79 Å². The number of urea groups is 1. The summed E-state index contributed by atoms with van der Waals surface area (Å²) in [6.07, 6.45) is 3.65. The van der Waals surface area contributed by atoms with Crippen LogP contribution in [0.15, 0.2) is 61.3 Å². The number of nitrogens with zero attached hydrogens (tertiary/aromatic N) is 2. The van der Waals surface area contributed by atoms with Crippen molar-refractivity contribution in [3.05, 3.63) is 72.4 Å². The number of aryl methyl sites for hydroxylation is 1. The lowest BCUT2D eigenvalue weighted by Gasteiger charge is -2.29. The van der Waals surface area contributed by atoms with Crippen molar-refractivity contribution >= 4 is 17.4 Å². The van der Waals surface area contributed by atoms with E-state index in [1.54, 1.807) is 30.5 Å². The highest BCUT2D eigenvalue weighted by Crippen LogP contribution is 2.12. The first-order valence-electron chi connectivity index (χ1n) is 9.71. The van der Waals surface area contributed by atoms with Crippen LogP contribution in [0.2, 0.25) is 0 Å². The predicted octanol–water partition coefficient (Wildman–Crippen LogP) is 4.32. The van der Waals surface area contributed by atoms with Gasteiger partial charge in [0.25, 0.3) is 0 Å². The summed E-state index contributed by atoms with van der Waals surface area (Å²) in [4.78, 5) is 14.1. The molecule has 6 heteroatoms. The smallest absolute Gasteiger partial charge is 0.319 e. The van der Waals surface area contributed by atoms with E-state index in [0.717, 1.165) is 31.6 Å². The highest BCUT2D eigenvalue weighted by Gasteiger charge is 2.18. The van der Waals surface area contributed by atoms with Gasteiger partial charge in [0.05, 0.1) is 11.6 Å². The number of likely N-dealkylation sites (tertiary alicyclic amines) is 1. The Labute approximate surface area is 173 Å². The van der Waals surface area contributed by atoms with E-state index >= 15 is 0 Å². The second kappa shape index (κ2) is 11.5. The van der Waals surface area contributed by atoms with Crippen molar-refractivity contribution < 1.29 is 4.79 Å². The van der Waals surface area contributed by atoms with Crippen LogP contribution >= 0.6 is 0 Å². The van der Waals surface area contributed by atoms with Crippen molar-refractivity contribution in [3.8, 4) is 6.07 Å². The third kappa shape index (κ3) is 7.68. The van der Waals surface area contributed by atoms with Gasteiger partial charge in [0.15, 0.2) is 0 Å². The van der Waals surface area contributed by atoms with Gasteiger partial charge in [0, 0.05) is 17.4 Å². The van der Waals surface area contributed by atoms with Crippen LogP contribution in [-0.2, 0) is 0 Å². The maximum atomic E-state index is 11.8. The molecule has 0 aromatic heterocycles. The summed E-state index contributed by atoms with van der Waals surface area (Å²) >= 11 is 0. The Morgan fingerprint density at radius 1 is 1.17 bits per heavy atom. The minimum absolute atomic E-state index is 0.181. The summed E-state index contributed by atoms with van der Waals surface area (Å²) in [6.45, 7) is 7.68. The van der Waals surface area contributed by atoms with Crippen molar-refractivity contribution in [1.29, 1.82) is 5.26 Å². The zero-order valence-electron chi connectivity index (χ0n) is 17.1. The molecule has 2 aromatic rings. The van der Waals surface area contributed by atoms with Gasteiger partial charge >= 0.3 is 6.03 Å². The predicted molar refractivity (Wildman–Crippen MR) is 119 cm³/mol. The lowest BCUT2D eigenvalue weighted by molar-refractivity contribution is 0.221.